The lowest BCUT2D eigenvalue weighted by atomic mass is 9.81. The van der Waals surface area contributed by atoms with Crippen LogP contribution in [0.15, 0.2) is 0 Å². The Hall–Kier alpha value is -0.0800. The van der Waals surface area contributed by atoms with Crippen LogP contribution in [0, 0.1) is 11.3 Å². The Kier molecular flexibility index (Phi) is 3.91. The largest absolute Gasteiger partial charge is 0.384 e. The molecule has 1 atom stereocenters. The van der Waals surface area contributed by atoms with Gasteiger partial charge in [-0.3, -0.25) is 0 Å². The van der Waals surface area contributed by atoms with Crippen molar-refractivity contribution in [2.45, 2.75) is 20.8 Å². The summed E-state index contributed by atoms with van der Waals surface area (Å²) in [7, 11) is 1.73. The zero-order valence-corrected chi connectivity index (χ0v) is 7.48. The van der Waals surface area contributed by atoms with Gasteiger partial charge in [-0.15, -0.1) is 0 Å². The first-order chi connectivity index (χ1) is 4.54. The minimum absolute atomic E-state index is 0.204. The highest BCUT2D eigenvalue weighted by Gasteiger charge is 2.23. The second-order valence-corrected chi connectivity index (χ2v) is 3.55. The van der Waals surface area contributed by atoms with Gasteiger partial charge in [0.15, 0.2) is 0 Å². The maximum Gasteiger partial charge on any atom is 0.0493 e. The topological polar surface area (TPSA) is 35.2 Å². The molecule has 0 fully saturated rings. The summed E-state index contributed by atoms with van der Waals surface area (Å²) in [6.45, 7) is 8.01. The van der Waals surface area contributed by atoms with Crippen molar-refractivity contribution < 1.29 is 4.74 Å². The van der Waals surface area contributed by atoms with Crippen molar-refractivity contribution in [2.75, 3.05) is 20.3 Å². The quantitative estimate of drug-likeness (QED) is 0.646. The van der Waals surface area contributed by atoms with Crippen molar-refractivity contribution in [2.24, 2.45) is 17.1 Å². The molecule has 0 aliphatic heterocycles. The number of hydrogen-bond donors (Lipinski definition) is 1. The molecule has 62 valence electrons. The first kappa shape index (κ1) is 9.92. The predicted molar refractivity (Wildman–Crippen MR) is 43.9 cm³/mol. The van der Waals surface area contributed by atoms with Gasteiger partial charge < -0.3 is 10.5 Å². The molecule has 0 aromatic rings. The molecule has 0 spiro atoms. The molecule has 2 N–H and O–H groups in total. The van der Waals surface area contributed by atoms with Crippen LogP contribution in [0.2, 0.25) is 0 Å². The van der Waals surface area contributed by atoms with Crippen LogP contribution in [0.3, 0.4) is 0 Å². The minimum atomic E-state index is 0.204. The van der Waals surface area contributed by atoms with Gasteiger partial charge in [0.1, 0.15) is 0 Å². The summed E-state index contributed by atoms with van der Waals surface area (Å²) in [5.41, 5.74) is 5.79. The van der Waals surface area contributed by atoms with Gasteiger partial charge in [-0.1, -0.05) is 20.8 Å². The van der Waals surface area contributed by atoms with E-state index in [-0.39, 0.29) is 5.41 Å². The van der Waals surface area contributed by atoms with E-state index in [9.17, 15) is 0 Å². The maximum atomic E-state index is 5.58. The second-order valence-electron chi connectivity index (χ2n) is 3.55. The number of nitrogens with two attached hydrogens (primary N) is 1. The van der Waals surface area contributed by atoms with Crippen LogP contribution in [0.25, 0.3) is 0 Å². The third-order valence-corrected chi connectivity index (χ3v) is 2.28. The molecule has 1 unspecified atom stereocenters. The summed E-state index contributed by atoms with van der Waals surface area (Å²) >= 11 is 0. The van der Waals surface area contributed by atoms with E-state index >= 15 is 0 Å². The van der Waals surface area contributed by atoms with Crippen molar-refractivity contribution in [1.82, 2.24) is 0 Å². The summed E-state index contributed by atoms with van der Waals surface area (Å²) in [4.78, 5) is 0. The van der Waals surface area contributed by atoms with Crippen molar-refractivity contribution in [3.8, 4) is 0 Å². The summed E-state index contributed by atoms with van der Waals surface area (Å²) < 4.78 is 5.04. The highest BCUT2D eigenvalue weighted by atomic mass is 16.5. The molecule has 0 radical (unpaired) electrons. The Balaban J connectivity index is 3.78. The average Bonchev–Trinajstić information content (AvgIpc) is 1.89. The standard InChI is InChI=1S/C8H19NO/c1-7(5-10-4)8(2,3)6-9/h7H,5-6,9H2,1-4H3. The van der Waals surface area contributed by atoms with Gasteiger partial charge in [-0.05, 0) is 17.9 Å². The number of methoxy groups -OCH3 is 1. The Bertz CT molecular complexity index is 91.3. The van der Waals surface area contributed by atoms with Gasteiger partial charge >= 0.3 is 0 Å². The molecule has 0 aromatic heterocycles. The third kappa shape index (κ3) is 2.67. The van der Waals surface area contributed by atoms with Crippen molar-refractivity contribution in [3.63, 3.8) is 0 Å². The van der Waals surface area contributed by atoms with Crippen LogP contribution in [0.1, 0.15) is 20.8 Å². The molecule has 0 aromatic carbocycles. The first-order valence-corrected chi connectivity index (χ1v) is 3.73. The van der Waals surface area contributed by atoms with Crippen LogP contribution >= 0.6 is 0 Å². The maximum absolute atomic E-state index is 5.58. The Labute approximate surface area is 63.7 Å². The molecule has 10 heavy (non-hydrogen) atoms. The summed E-state index contributed by atoms with van der Waals surface area (Å²) in [6, 6.07) is 0. The van der Waals surface area contributed by atoms with E-state index in [1.807, 2.05) is 0 Å². The third-order valence-electron chi connectivity index (χ3n) is 2.28. The van der Waals surface area contributed by atoms with E-state index < -0.39 is 0 Å². The predicted octanol–water partition coefficient (Wildman–Crippen LogP) is 1.25. The summed E-state index contributed by atoms with van der Waals surface area (Å²) in [5, 5.41) is 0. The lowest BCUT2D eigenvalue weighted by Crippen LogP contribution is -2.33. The van der Waals surface area contributed by atoms with E-state index in [2.05, 4.69) is 20.8 Å². The fourth-order valence-electron chi connectivity index (χ4n) is 0.677. The SMILES string of the molecule is COCC(C)C(C)(C)CN. The van der Waals surface area contributed by atoms with Crippen molar-refractivity contribution >= 4 is 0 Å². The van der Waals surface area contributed by atoms with Crippen molar-refractivity contribution in [1.29, 1.82) is 0 Å². The molecule has 2 heteroatoms. The molecule has 0 aliphatic rings. The van der Waals surface area contributed by atoms with E-state index in [4.69, 9.17) is 10.5 Å². The minimum Gasteiger partial charge on any atom is -0.384 e. The van der Waals surface area contributed by atoms with E-state index in [1.54, 1.807) is 7.11 Å². The number of hydrogen-bond acceptors (Lipinski definition) is 2. The van der Waals surface area contributed by atoms with Crippen LogP contribution < -0.4 is 5.73 Å². The summed E-state index contributed by atoms with van der Waals surface area (Å²) in [6.07, 6.45) is 0. The number of rotatable bonds is 4. The molecule has 0 heterocycles. The zero-order valence-electron chi connectivity index (χ0n) is 7.48. The zero-order chi connectivity index (χ0) is 8.20. The molecule has 2 nitrogen and oxygen atoms in total. The fourth-order valence-corrected chi connectivity index (χ4v) is 0.677. The van der Waals surface area contributed by atoms with Gasteiger partial charge in [0.25, 0.3) is 0 Å². The molecule has 0 saturated heterocycles. The normalized spacial score (nSPS) is 15.3. The Morgan fingerprint density at radius 1 is 1.50 bits per heavy atom. The fraction of sp³-hybridized carbons (Fsp3) is 1.00. The number of ether oxygens (including phenoxy) is 1. The highest BCUT2D eigenvalue weighted by molar-refractivity contribution is 4.75. The molecular weight excluding hydrogens is 126 g/mol. The molecule has 0 amide bonds. The summed E-state index contributed by atoms with van der Waals surface area (Å²) in [5.74, 6) is 0.530. The average molecular weight is 145 g/mol. The van der Waals surface area contributed by atoms with Crippen LogP contribution in [0.5, 0.6) is 0 Å². The van der Waals surface area contributed by atoms with E-state index in [0.717, 1.165) is 13.2 Å². The van der Waals surface area contributed by atoms with Gasteiger partial charge in [0.2, 0.25) is 0 Å². The monoisotopic (exact) mass is 145 g/mol. The van der Waals surface area contributed by atoms with Crippen molar-refractivity contribution in [3.05, 3.63) is 0 Å². The Morgan fingerprint density at radius 3 is 2.30 bits per heavy atom. The van der Waals surface area contributed by atoms with Crippen LogP contribution in [-0.2, 0) is 4.74 Å². The van der Waals surface area contributed by atoms with Gasteiger partial charge in [-0.25, -0.2) is 0 Å². The van der Waals surface area contributed by atoms with Gasteiger partial charge in [0.05, 0.1) is 0 Å². The smallest absolute Gasteiger partial charge is 0.0493 e. The molecule has 0 rings (SSSR count). The van der Waals surface area contributed by atoms with Gasteiger partial charge in [-0.2, -0.15) is 0 Å². The van der Waals surface area contributed by atoms with Crippen LogP contribution in [0.4, 0.5) is 0 Å². The first-order valence-electron chi connectivity index (χ1n) is 3.73. The lowest BCUT2D eigenvalue weighted by Gasteiger charge is -2.29. The molecule has 0 aliphatic carbocycles. The van der Waals surface area contributed by atoms with Gasteiger partial charge in [0, 0.05) is 13.7 Å². The van der Waals surface area contributed by atoms with E-state index in [1.165, 1.54) is 0 Å². The highest BCUT2D eigenvalue weighted by Crippen LogP contribution is 2.24. The molecule has 0 saturated carbocycles. The second kappa shape index (κ2) is 3.94. The van der Waals surface area contributed by atoms with E-state index in [0.29, 0.717) is 5.92 Å². The molecular formula is C8H19NO. The molecule has 0 bridgehead atoms. The lowest BCUT2D eigenvalue weighted by molar-refractivity contribution is 0.0960. The van der Waals surface area contributed by atoms with Crippen LogP contribution in [-0.4, -0.2) is 20.3 Å². The Morgan fingerprint density at radius 2 is 2.00 bits per heavy atom.